The van der Waals surface area contributed by atoms with Gasteiger partial charge in [-0.1, -0.05) is 23.8 Å². The summed E-state index contributed by atoms with van der Waals surface area (Å²) >= 11 is 0. The topological polar surface area (TPSA) is 23.8 Å². The van der Waals surface area contributed by atoms with Crippen molar-refractivity contribution in [2.75, 3.05) is 0 Å². The van der Waals surface area contributed by atoms with Crippen LogP contribution in [0.5, 0.6) is 0 Å². The Bertz CT molecular complexity index is 201. The van der Waals surface area contributed by atoms with Gasteiger partial charge in [-0.05, 0) is 19.9 Å². The lowest BCUT2D eigenvalue weighted by atomic mass is 10.2. The molecule has 1 nitrogen and oxygen atoms in total. The molecule has 0 N–H and O–H groups in total. The van der Waals surface area contributed by atoms with Crippen LogP contribution in [0.4, 0.5) is 0 Å². The second-order valence-corrected chi connectivity index (χ2v) is 1.90. The zero-order valence-electron chi connectivity index (χ0n) is 6.33. The van der Waals surface area contributed by atoms with Crippen molar-refractivity contribution in [2.24, 2.45) is 0 Å². The maximum absolute atomic E-state index is 8.16. The van der Waals surface area contributed by atoms with Gasteiger partial charge in [0.25, 0.3) is 0 Å². The molecule has 0 atom stereocenters. The Morgan fingerprint density at radius 3 is 2.70 bits per heavy atom. The summed E-state index contributed by atoms with van der Waals surface area (Å²) in [6.07, 6.45) is 9.09. The molecule has 0 fully saturated rings. The standard InChI is InChI=1S/C9H11N/c1-3-4-6-9(2)7-5-8-10/h3-7H,1-2H3/b4-3-,7-5+,9-6-. The maximum Gasteiger partial charge on any atom is 0.0912 e. The molecule has 0 saturated heterocycles. The summed E-state index contributed by atoms with van der Waals surface area (Å²) in [4.78, 5) is 0. The molecule has 0 heterocycles. The highest BCUT2D eigenvalue weighted by Crippen LogP contribution is 1.93. The second-order valence-electron chi connectivity index (χ2n) is 1.90. The number of hydrogen-bond acceptors (Lipinski definition) is 1. The Hall–Kier alpha value is -1.29. The molecule has 0 radical (unpaired) electrons. The third-order valence-corrected chi connectivity index (χ3v) is 0.972. The van der Waals surface area contributed by atoms with E-state index in [1.807, 2.05) is 38.1 Å². The summed E-state index contributed by atoms with van der Waals surface area (Å²) in [6.45, 7) is 3.91. The minimum atomic E-state index is 1.08. The fraction of sp³-hybridized carbons (Fsp3) is 0.222. The molecule has 0 aliphatic carbocycles. The van der Waals surface area contributed by atoms with Crippen molar-refractivity contribution >= 4 is 0 Å². The van der Waals surface area contributed by atoms with Crippen molar-refractivity contribution < 1.29 is 0 Å². The van der Waals surface area contributed by atoms with Crippen LogP contribution in [-0.4, -0.2) is 0 Å². The third kappa shape index (κ3) is 4.86. The van der Waals surface area contributed by atoms with E-state index in [9.17, 15) is 0 Å². The van der Waals surface area contributed by atoms with Gasteiger partial charge in [0.15, 0.2) is 0 Å². The summed E-state index contributed by atoms with van der Waals surface area (Å²) in [7, 11) is 0. The highest BCUT2D eigenvalue weighted by molar-refractivity contribution is 5.24. The highest BCUT2D eigenvalue weighted by atomic mass is 14.2. The van der Waals surface area contributed by atoms with Gasteiger partial charge in [-0.15, -0.1) is 0 Å². The van der Waals surface area contributed by atoms with E-state index in [1.54, 1.807) is 6.08 Å². The van der Waals surface area contributed by atoms with Gasteiger partial charge in [0.1, 0.15) is 0 Å². The SMILES string of the molecule is C\C=C/C=C(C)\C=C\C#N. The van der Waals surface area contributed by atoms with Gasteiger partial charge in [-0.25, -0.2) is 0 Å². The van der Waals surface area contributed by atoms with E-state index in [0.717, 1.165) is 5.57 Å². The summed E-state index contributed by atoms with van der Waals surface area (Å²) in [6, 6.07) is 1.93. The van der Waals surface area contributed by atoms with Crippen molar-refractivity contribution in [1.82, 2.24) is 0 Å². The van der Waals surface area contributed by atoms with Crippen molar-refractivity contribution in [3.63, 3.8) is 0 Å². The summed E-state index contributed by atoms with van der Waals surface area (Å²) in [5, 5.41) is 8.16. The molecule has 0 aliphatic heterocycles. The highest BCUT2D eigenvalue weighted by Gasteiger charge is 1.74. The first kappa shape index (κ1) is 8.71. The molecule has 0 saturated carbocycles. The van der Waals surface area contributed by atoms with Crippen molar-refractivity contribution in [2.45, 2.75) is 13.8 Å². The van der Waals surface area contributed by atoms with Crippen LogP contribution >= 0.6 is 0 Å². The summed E-state index contributed by atoms with van der Waals surface area (Å²) in [5.41, 5.74) is 1.08. The molecule has 0 unspecified atom stereocenters. The minimum absolute atomic E-state index is 1.08. The molecule has 0 rings (SSSR count). The van der Waals surface area contributed by atoms with E-state index in [2.05, 4.69) is 0 Å². The van der Waals surface area contributed by atoms with Crippen LogP contribution in [0.3, 0.4) is 0 Å². The molecule has 0 aromatic heterocycles. The van der Waals surface area contributed by atoms with E-state index in [4.69, 9.17) is 5.26 Å². The van der Waals surface area contributed by atoms with Gasteiger partial charge in [0.2, 0.25) is 0 Å². The molecule has 10 heavy (non-hydrogen) atoms. The average molecular weight is 133 g/mol. The van der Waals surface area contributed by atoms with Crippen molar-refractivity contribution in [3.05, 3.63) is 36.0 Å². The lowest BCUT2D eigenvalue weighted by Crippen LogP contribution is -1.63. The van der Waals surface area contributed by atoms with Crippen LogP contribution in [-0.2, 0) is 0 Å². The molecule has 1 heteroatoms. The smallest absolute Gasteiger partial charge is 0.0912 e. The zero-order chi connectivity index (χ0) is 7.82. The number of nitrogens with zero attached hydrogens (tertiary/aromatic N) is 1. The van der Waals surface area contributed by atoms with Crippen LogP contribution in [0.15, 0.2) is 36.0 Å². The normalized spacial score (nSPS) is 12.7. The fourth-order valence-electron chi connectivity index (χ4n) is 0.472. The van der Waals surface area contributed by atoms with Gasteiger partial charge in [0, 0.05) is 6.08 Å². The molecular weight excluding hydrogens is 122 g/mol. The molecule has 52 valence electrons. The largest absolute Gasteiger partial charge is 0.193 e. The Kier molecular flexibility index (Phi) is 5.09. The Morgan fingerprint density at radius 1 is 1.50 bits per heavy atom. The number of rotatable bonds is 2. The van der Waals surface area contributed by atoms with Crippen LogP contribution in [0, 0.1) is 11.3 Å². The van der Waals surface area contributed by atoms with E-state index in [0.29, 0.717) is 0 Å². The van der Waals surface area contributed by atoms with Gasteiger partial charge in [0.05, 0.1) is 6.07 Å². The third-order valence-electron chi connectivity index (χ3n) is 0.972. The summed E-state index contributed by atoms with van der Waals surface area (Å²) in [5.74, 6) is 0. The summed E-state index contributed by atoms with van der Waals surface area (Å²) < 4.78 is 0. The molecule has 0 aliphatic rings. The first-order valence-corrected chi connectivity index (χ1v) is 3.17. The first-order valence-electron chi connectivity index (χ1n) is 3.17. The lowest BCUT2D eigenvalue weighted by molar-refractivity contribution is 1.49. The van der Waals surface area contributed by atoms with E-state index >= 15 is 0 Å². The lowest BCUT2D eigenvalue weighted by Gasteiger charge is -1.83. The van der Waals surface area contributed by atoms with Crippen LogP contribution in [0.2, 0.25) is 0 Å². The quantitative estimate of drug-likeness (QED) is 0.419. The fourth-order valence-corrected chi connectivity index (χ4v) is 0.472. The molecular formula is C9H11N. The average Bonchev–Trinajstić information content (AvgIpc) is 1.97. The molecule has 0 aromatic rings. The number of nitriles is 1. The zero-order valence-corrected chi connectivity index (χ0v) is 6.33. The molecule has 0 spiro atoms. The van der Waals surface area contributed by atoms with E-state index < -0.39 is 0 Å². The maximum atomic E-state index is 8.16. The molecule has 0 bridgehead atoms. The predicted molar refractivity (Wildman–Crippen MR) is 43.3 cm³/mol. The van der Waals surface area contributed by atoms with Crippen molar-refractivity contribution in [1.29, 1.82) is 5.26 Å². The molecule has 0 aromatic carbocycles. The van der Waals surface area contributed by atoms with Gasteiger partial charge in [-0.3, -0.25) is 0 Å². The van der Waals surface area contributed by atoms with Gasteiger partial charge < -0.3 is 0 Å². The van der Waals surface area contributed by atoms with Crippen molar-refractivity contribution in [3.8, 4) is 6.07 Å². The first-order chi connectivity index (χ1) is 4.81. The minimum Gasteiger partial charge on any atom is -0.193 e. The second kappa shape index (κ2) is 5.84. The molecule has 0 amide bonds. The Labute approximate surface area is 62.0 Å². The van der Waals surface area contributed by atoms with Gasteiger partial charge >= 0.3 is 0 Å². The monoisotopic (exact) mass is 133 g/mol. The number of hydrogen-bond donors (Lipinski definition) is 0. The Morgan fingerprint density at radius 2 is 2.20 bits per heavy atom. The van der Waals surface area contributed by atoms with Crippen LogP contribution in [0.1, 0.15) is 13.8 Å². The number of allylic oxidation sites excluding steroid dienone is 6. The van der Waals surface area contributed by atoms with E-state index in [1.165, 1.54) is 6.08 Å². The predicted octanol–water partition coefficient (Wildman–Crippen LogP) is 2.59. The Balaban J connectivity index is 3.97. The van der Waals surface area contributed by atoms with Gasteiger partial charge in [-0.2, -0.15) is 5.26 Å². The van der Waals surface area contributed by atoms with Crippen LogP contribution < -0.4 is 0 Å². The van der Waals surface area contributed by atoms with Crippen LogP contribution in [0.25, 0.3) is 0 Å². The van der Waals surface area contributed by atoms with E-state index in [-0.39, 0.29) is 0 Å².